The van der Waals surface area contributed by atoms with E-state index in [-0.39, 0.29) is 95.9 Å². The van der Waals surface area contributed by atoms with E-state index in [1.807, 2.05) is 60.3 Å². The molecule has 9 heterocycles. The number of fused-ring (bicyclic) bond motifs is 4. The molecule has 5 fully saturated rings. The Morgan fingerprint density at radius 3 is 2.21 bits per heavy atom. The summed E-state index contributed by atoms with van der Waals surface area (Å²) in [6.45, 7) is 13.7. The Morgan fingerprint density at radius 1 is 0.770 bits per heavy atom. The van der Waals surface area contributed by atoms with Crippen molar-refractivity contribution in [3.63, 3.8) is 0 Å². The van der Waals surface area contributed by atoms with Crippen LogP contribution in [-0.4, -0.2) is 168 Å². The van der Waals surface area contributed by atoms with Gasteiger partial charge in [0.15, 0.2) is 11.5 Å². The molecule has 0 radical (unpaired) electrons. The van der Waals surface area contributed by atoms with Crippen LogP contribution in [0.15, 0.2) is 67.0 Å². The van der Waals surface area contributed by atoms with Crippen molar-refractivity contribution in [2.24, 2.45) is 7.05 Å². The zero-order valence-electron chi connectivity index (χ0n) is 49.8. The number of imide groups is 2. The molecule has 1 spiro atoms. The van der Waals surface area contributed by atoms with Crippen LogP contribution in [0.3, 0.4) is 0 Å². The molecule has 6 aromatic rings. The normalized spacial score (nSPS) is 21.3. The maximum atomic E-state index is 16.0. The number of nitrogens with zero attached hydrogens (tertiary/aromatic N) is 11. The summed E-state index contributed by atoms with van der Waals surface area (Å²) in [7, 11) is 1.64. The van der Waals surface area contributed by atoms with Gasteiger partial charge in [0.25, 0.3) is 29.5 Å². The number of halogens is 1. The number of piperidine rings is 3. The van der Waals surface area contributed by atoms with Crippen LogP contribution < -0.4 is 25.8 Å². The molecule has 6 aliphatic heterocycles. The van der Waals surface area contributed by atoms with Crippen LogP contribution in [0.25, 0.3) is 22.3 Å². The van der Waals surface area contributed by atoms with E-state index in [1.165, 1.54) is 42.1 Å². The van der Waals surface area contributed by atoms with Gasteiger partial charge in [0.1, 0.15) is 23.1 Å². The maximum absolute atomic E-state index is 16.0. The molecule has 3 aromatic carbocycles. The Morgan fingerprint density at radius 2 is 1.49 bits per heavy atom. The lowest BCUT2D eigenvalue weighted by atomic mass is 9.73. The first-order chi connectivity index (χ1) is 41.8. The standard InChI is InChI=1S/C64H71FN14O8/c1-35(2)67-57(81)43-31-48(46(65)26-37(43)5)69-56-55-49(66-34-77(55)36(3)4)32-47(68-56)38-10-13-45-52(27-38)78(41-28-40(29-41)73-18-8-7-9-19-73)63(87)64(45)16-20-75(21-17-64)61(85)50-33-53(72(6)71-50)62(86)76-24-22-74(23-25-76)39-11-12-42-44(30-39)60(84)79(59(42)83)51-14-15-54(80)70-58(51)82/h10-13,26-27,30-36,40-41,51H,7-9,14-25,28-29H2,1-6H3,(H,67,81)(H,68,69)(H,70,80,82)/t40?,41?,51-/m1/s1. The highest BCUT2D eigenvalue weighted by Gasteiger charge is 2.56. The third-order valence-corrected chi connectivity index (χ3v) is 19.0. The van der Waals surface area contributed by atoms with Gasteiger partial charge in [-0.3, -0.25) is 53.3 Å². The number of hydrogen-bond donors (Lipinski definition) is 3. The summed E-state index contributed by atoms with van der Waals surface area (Å²) in [6.07, 6.45) is 7.86. The number of anilines is 4. The lowest BCUT2D eigenvalue weighted by Crippen LogP contribution is -2.58. The van der Waals surface area contributed by atoms with E-state index in [4.69, 9.17) is 9.97 Å². The number of nitrogens with one attached hydrogen (secondary N) is 3. The smallest absolute Gasteiger partial charge is 0.274 e. The van der Waals surface area contributed by atoms with E-state index in [1.54, 1.807) is 48.3 Å². The van der Waals surface area contributed by atoms with Gasteiger partial charge in [0, 0.05) is 105 Å². The molecule has 1 aliphatic carbocycles. The molecule has 22 nitrogen and oxygen atoms in total. The molecular weight excluding hydrogens is 1110 g/mol. The topological polar surface area (TPSA) is 241 Å². The third kappa shape index (κ3) is 9.96. The fourth-order valence-corrected chi connectivity index (χ4v) is 14.1. The number of amides is 8. The molecule has 7 aliphatic rings. The number of aromatic nitrogens is 5. The molecule has 4 saturated heterocycles. The Bertz CT molecular complexity index is 3880. The van der Waals surface area contributed by atoms with Crippen LogP contribution in [0.5, 0.6) is 0 Å². The highest BCUT2D eigenvalue weighted by molar-refractivity contribution is 6.24. The van der Waals surface area contributed by atoms with Crippen LogP contribution in [0, 0.1) is 12.7 Å². The van der Waals surface area contributed by atoms with Crippen LogP contribution >= 0.6 is 0 Å². The first-order valence-corrected chi connectivity index (χ1v) is 30.5. The van der Waals surface area contributed by atoms with Crippen molar-refractivity contribution >= 4 is 81.2 Å². The molecule has 13 rings (SSSR count). The molecule has 0 unspecified atom stereocenters. The van der Waals surface area contributed by atoms with Gasteiger partial charge >= 0.3 is 0 Å². The Hall–Kier alpha value is -8.86. The zero-order chi connectivity index (χ0) is 60.9. The summed E-state index contributed by atoms with van der Waals surface area (Å²) in [4.78, 5) is 130. The Balaban J connectivity index is 0.724. The second kappa shape index (κ2) is 22.1. The predicted molar refractivity (Wildman–Crippen MR) is 321 cm³/mol. The van der Waals surface area contributed by atoms with Crippen molar-refractivity contribution < 1.29 is 42.7 Å². The third-order valence-electron chi connectivity index (χ3n) is 19.0. The summed E-state index contributed by atoms with van der Waals surface area (Å²) < 4.78 is 19.4. The van der Waals surface area contributed by atoms with Gasteiger partial charge < -0.3 is 39.7 Å². The van der Waals surface area contributed by atoms with Crippen molar-refractivity contribution in [1.82, 2.24) is 54.5 Å². The van der Waals surface area contributed by atoms with Crippen molar-refractivity contribution in [1.29, 1.82) is 0 Å². The minimum Gasteiger partial charge on any atom is -0.368 e. The minimum absolute atomic E-state index is 0.0141. The van der Waals surface area contributed by atoms with Gasteiger partial charge in [-0.05, 0) is 146 Å². The van der Waals surface area contributed by atoms with Gasteiger partial charge in [-0.15, -0.1) is 0 Å². The summed E-state index contributed by atoms with van der Waals surface area (Å²) in [5.41, 5.74) is 5.77. The van der Waals surface area contributed by atoms with Gasteiger partial charge in [-0.1, -0.05) is 18.6 Å². The van der Waals surface area contributed by atoms with Gasteiger partial charge in [0.2, 0.25) is 17.7 Å². The average Bonchev–Trinajstić information content (AvgIpc) is 1.61. The highest BCUT2D eigenvalue weighted by Crippen LogP contribution is 2.52. The number of imidazole rings is 1. The molecule has 23 heteroatoms. The number of hydrogen-bond acceptors (Lipinski definition) is 14. The Labute approximate surface area is 502 Å². The molecule has 8 amide bonds. The van der Waals surface area contributed by atoms with Gasteiger partial charge in [-0.2, -0.15) is 5.10 Å². The average molecular weight is 1180 g/mol. The molecule has 3 N–H and O–H groups in total. The minimum atomic E-state index is -1.07. The maximum Gasteiger partial charge on any atom is 0.274 e. The lowest BCUT2D eigenvalue weighted by Gasteiger charge is -2.48. The first kappa shape index (κ1) is 57.2. The molecule has 452 valence electrons. The van der Waals surface area contributed by atoms with Crippen LogP contribution in [-0.2, 0) is 26.8 Å². The summed E-state index contributed by atoms with van der Waals surface area (Å²) in [5, 5.41) is 13.0. The fraction of sp³-hybridized carbons (Fsp3) is 0.453. The van der Waals surface area contributed by atoms with Crippen LogP contribution in [0.1, 0.15) is 155 Å². The zero-order valence-corrected chi connectivity index (χ0v) is 49.8. The number of benzene rings is 3. The molecule has 1 atom stereocenters. The van der Waals surface area contributed by atoms with Crippen molar-refractivity contribution in [2.45, 2.75) is 128 Å². The first-order valence-electron chi connectivity index (χ1n) is 30.5. The Kier molecular flexibility index (Phi) is 14.6. The van der Waals surface area contributed by atoms with Crippen LogP contribution in [0.2, 0.25) is 0 Å². The number of carbonyl (C=O) groups excluding carboxylic acids is 8. The fourth-order valence-electron chi connectivity index (χ4n) is 14.1. The van der Waals surface area contributed by atoms with E-state index in [9.17, 15) is 33.6 Å². The van der Waals surface area contributed by atoms with E-state index in [0.717, 1.165) is 47.6 Å². The summed E-state index contributed by atoms with van der Waals surface area (Å²) in [6, 6.07) is 16.5. The van der Waals surface area contributed by atoms with Gasteiger partial charge in [0.05, 0.1) is 39.8 Å². The largest absolute Gasteiger partial charge is 0.368 e. The van der Waals surface area contributed by atoms with E-state index < -0.39 is 40.9 Å². The van der Waals surface area contributed by atoms with E-state index >= 15 is 9.18 Å². The molecule has 0 bridgehead atoms. The molecule has 3 aromatic heterocycles. The van der Waals surface area contributed by atoms with Crippen molar-refractivity contribution in [2.75, 3.05) is 67.5 Å². The highest BCUT2D eigenvalue weighted by atomic mass is 19.1. The second-order valence-electron chi connectivity index (χ2n) is 25.0. The number of likely N-dealkylation sites (tertiary alicyclic amines) is 2. The predicted octanol–water partition coefficient (Wildman–Crippen LogP) is 6.64. The molecule has 87 heavy (non-hydrogen) atoms. The summed E-state index contributed by atoms with van der Waals surface area (Å²) in [5.74, 6) is -3.39. The lowest BCUT2D eigenvalue weighted by molar-refractivity contribution is -0.136. The number of rotatable bonds is 12. The quantitative estimate of drug-likeness (QED) is 0.109. The van der Waals surface area contributed by atoms with Crippen molar-refractivity contribution in [3.8, 4) is 11.3 Å². The van der Waals surface area contributed by atoms with E-state index in [0.29, 0.717) is 84.4 Å². The second-order valence-corrected chi connectivity index (χ2v) is 25.0. The molecule has 1 saturated carbocycles. The summed E-state index contributed by atoms with van der Waals surface area (Å²) >= 11 is 0. The van der Waals surface area contributed by atoms with E-state index in [2.05, 4.69) is 32.0 Å². The van der Waals surface area contributed by atoms with Gasteiger partial charge in [-0.25, -0.2) is 14.4 Å². The number of piperazine rings is 1. The molecular formula is C64H71FN14O8. The number of carbonyl (C=O) groups is 8. The van der Waals surface area contributed by atoms with Crippen molar-refractivity contribution in [3.05, 3.63) is 112 Å². The monoisotopic (exact) mass is 1180 g/mol. The number of pyridine rings is 1. The SMILES string of the molecule is Cc1cc(F)c(Nc2nc(-c3ccc4c(c3)N(C3CC(N5CCCCC5)C3)C(=O)C43CCN(C(=O)c4cc(C(=O)N5CCN(c6ccc7c(c6)C(=O)N([C@@H]6CCC(=O)NC6=O)C7=O)CC5)n(C)n4)CC3)cc3ncn(C(C)C)c23)cc1C(=O)NC(C)C. The van der Waals surface area contributed by atoms with Crippen LogP contribution in [0.4, 0.5) is 27.3 Å². The number of aryl methyl sites for hydroxylation is 2.